The van der Waals surface area contributed by atoms with Crippen molar-refractivity contribution in [1.29, 1.82) is 0 Å². The van der Waals surface area contributed by atoms with Crippen molar-refractivity contribution in [3.05, 3.63) is 23.1 Å². The molecule has 0 saturated carbocycles. The number of aromatic nitrogens is 4. The Balaban J connectivity index is 2.61. The highest BCUT2D eigenvalue weighted by Crippen LogP contribution is 2.21. The van der Waals surface area contributed by atoms with E-state index in [-0.39, 0.29) is 0 Å². The van der Waals surface area contributed by atoms with Gasteiger partial charge >= 0.3 is 0 Å². The molecule has 0 unspecified atom stereocenters. The summed E-state index contributed by atoms with van der Waals surface area (Å²) in [5.41, 5.74) is 9.52. The van der Waals surface area contributed by atoms with Crippen LogP contribution in [0.1, 0.15) is 17.0 Å². The maximum atomic E-state index is 5.84. The third kappa shape index (κ3) is 1.64. The number of rotatable bonds is 1. The highest BCUT2D eigenvalue weighted by molar-refractivity contribution is 5.60. The molecule has 16 heavy (non-hydrogen) atoms. The average molecular weight is 217 g/mol. The van der Waals surface area contributed by atoms with E-state index in [2.05, 4.69) is 15.1 Å². The largest absolute Gasteiger partial charge is 0.383 e. The van der Waals surface area contributed by atoms with Crippen molar-refractivity contribution in [3.63, 3.8) is 0 Å². The summed E-state index contributed by atoms with van der Waals surface area (Å²) < 4.78 is 1.75. The average Bonchev–Trinajstić information content (AvgIpc) is 2.53. The predicted octanol–water partition coefficient (Wildman–Crippen LogP) is 1.38. The summed E-state index contributed by atoms with van der Waals surface area (Å²) in [6, 6.07) is 0. The molecule has 2 aromatic heterocycles. The van der Waals surface area contributed by atoms with Crippen LogP contribution in [0.4, 0.5) is 5.82 Å². The van der Waals surface area contributed by atoms with Gasteiger partial charge in [0.15, 0.2) is 5.82 Å². The number of hydrogen-bond acceptors (Lipinski definition) is 4. The Labute approximate surface area is 94.3 Å². The maximum absolute atomic E-state index is 5.84. The standard InChI is InChI=1S/C11H15N5/c1-6-7(2)13-11(14-10(6)12)9-5-16(4)15-8(9)3/h5H,1-4H3,(H2,12,13,14). The number of nitrogens with zero attached hydrogens (tertiary/aromatic N) is 4. The maximum Gasteiger partial charge on any atom is 0.165 e. The number of aryl methyl sites for hydroxylation is 3. The van der Waals surface area contributed by atoms with Crippen LogP contribution < -0.4 is 5.73 Å². The van der Waals surface area contributed by atoms with Gasteiger partial charge in [-0.3, -0.25) is 4.68 Å². The Morgan fingerprint density at radius 2 is 1.81 bits per heavy atom. The molecule has 2 N–H and O–H groups in total. The van der Waals surface area contributed by atoms with Crippen LogP contribution in [0.5, 0.6) is 0 Å². The topological polar surface area (TPSA) is 69.6 Å². The molecule has 2 aromatic rings. The second-order valence-corrected chi connectivity index (χ2v) is 3.94. The smallest absolute Gasteiger partial charge is 0.165 e. The summed E-state index contributed by atoms with van der Waals surface area (Å²) in [5.74, 6) is 1.18. The first-order valence-corrected chi connectivity index (χ1v) is 5.10. The molecule has 0 atom stereocenters. The van der Waals surface area contributed by atoms with Crippen LogP contribution in [-0.4, -0.2) is 19.7 Å². The minimum atomic E-state index is 0.533. The number of anilines is 1. The molecule has 0 aliphatic heterocycles. The Hall–Kier alpha value is -1.91. The van der Waals surface area contributed by atoms with E-state index in [1.807, 2.05) is 34.0 Å². The molecule has 0 saturated heterocycles. The zero-order valence-electron chi connectivity index (χ0n) is 9.94. The highest BCUT2D eigenvalue weighted by Gasteiger charge is 2.11. The summed E-state index contributed by atoms with van der Waals surface area (Å²) in [6.07, 6.45) is 1.90. The molecular formula is C11H15N5. The molecule has 0 aliphatic rings. The zero-order chi connectivity index (χ0) is 11.9. The zero-order valence-corrected chi connectivity index (χ0v) is 9.94. The molecule has 2 rings (SSSR count). The summed E-state index contributed by atoms with van der Waals surface area (Å²) in [4.78, 5) is 8.72. The normalized spacial score (nSPS) is 10.8. The summed E-state index contributed by atoms with van der Waals surface area (Å²) in [5, 5.41) is 4.27. The van der Waals surface area contributed by atoms with Gasteiger partial charge in [-0.15, -0.1) is 0 Å². The summed E-state index contributed by atoms with van der Waals surface area (Å²) in [6.45, 7) is 5.79. The van der Waals surface area contributed by atoms with Crippen LogP contribution in [0.3, 0.4) is 0 Å². The third-order valence-electron chi connectivity index (χ3n) is 2.68. The van der Waals surface area contributed by atoms with E-state index in [0.29, 0.717) is 11.6 Å². The van der Waals surface area contributed by atoms with E-state index in [0.717, 1.165) is 22.5 Å². The van der Waals surface area contributed by atoms with E-state index in [9.17, 15) is 0 Å². The Morgan fingerprint density at radius 3 is 2.31 bits per heavy atom. The molecule has 5 heteroatoms. The molecule has 84 valence electrons. The van der Waals surface area contributed by atoms with E-state index in [1.165, 1.54) is 0 Å². The lowest BCUT2D eigenvalue weighted by atomic mass is 10.2. The van der Waals surface area contributed by atoms with Crippen molar-refractivity contribution in [2.75, 3.05) is 5.73 Å². The van der Waals surface area contributed by atoms with Gasteiger partial charge in [0.05, 0.1) is 11.3 Å². The Bertz CT molecular complexity index is 518. The molecule has 0 aromatic carbocycles. The van der Waals surface area contributed by atoms with Crippen molar-refractivity contribution in [1.82, 2.24) is 19.7 Å². The van der Waals surface area contributed by atoms with Crippen LogP contribution in [0.15, 0.2) is 6.20 Å². The van der Waals surface area contributed by atoms with Crippen molar-refractivity contribution >= 4 is 5.82 Å². The molecule has 0 aliphatic carbocycles. The first-order chi connectivity index (χ1) is 7.49. The van der Waals surface area contributed by atoms with Crippen molar-refractivity contribution in [3.8, 4) is 11.4 Å². The van der Waals surface area contributed by atoms with E-state index >= 15 is 0 Å². The Morgan fingerprint density at radius 1 is 1.12 bits per heavy atom. The van der Waals surface area contributed by atoms with E-state index < -0.39 is 0 Å². The molecule has 0 amide bonds. The monoisotopic (exact) mass is 217 g/mol. The lowest BCUT2D eigenvalue weighted by Gasteiger charge is -2.05. The first-order valence-electron chi connectivity index (χ1n) is 5.10. The SMILES string of the molecule is Cc1nn(C)cc1-c1nc(C)c(C)c(N)n1. The van der Waals surface area contributed by atoms with Gasteiger partial charge < -0.3 is 5.73 Å². The first kappa shape index (κ1) is 10.6. The predicted molar refractivity (Wildman–Crippen MR) is 62.9 cm³/mol. The molecule has 2 heterocycles. The van der Waals surface area contributed by atoms with Gasteiger partial charge in [-0.2, -0.15) is 5.10 Å². The van der Waals surface area contributed by atoms with Crippen molar-refractivity contribution < 1.29 is 0 Å². The number of nitrogens with two attached hydrogens (primary N) is 1. The second-order valence-electron chi connectivity index (χ2n) is 3.94. The minimum absolute atomic E-state index is 0.533. The van der Waals surface area contributed by atoms with Crippen molar-refractivity contribution in [2.24, 2.45) is 7.05 Å². The molecule has 0 bridgehead atoms. The molecule has 0 fully saturated rings. The highest BCUT2D eigenvalue weighted by atomic mass is 15.3. The molecule has 0 spiro atoms. The molecular weight excluding hydrogens is 202 g/mol. The van der Waals surface area contributed by atoms with Crippen LogP contribution in [-0.2, 0) is 7.05 Å². The fourth-order valence-corrected chi connectivity index (χ4v) is 1.59. The van der Waals surface area contributed by atoms with Gasteiger partial charge in [-0.05, 0) is 20.8 Å². The van der Waals surface area contributed by atoms with Gasteiger partial charge in [0.1, 0.15) is 5.82 Å². The fourth-order valence-electron chi connectivity index (χ4n) is 1.59. The van der Waals surface area contributed by atoms with Crippen LogP contribution >= 0.6 is 0 Å². The van der Waals surface area contributed by atoms with Crippen molar-refractivity contribution in [2.45, 2.75) is 20.8 Å². The summed E-state index contributed by atoms with van der Waals surface area (Å²) >= 11 is 0. The van der Waals surface area contributed by atoms with Gasteiger partial charge in [0.2, 0.25) is 0 Å². The molecule has 5 nitrogen and oxygen atoms in total. The lowest BCUT2D eigenvalue weighted by molar-refractivity contribution is 0.756. The van der Waals surface area contributed by atoms with E-state index in [1.54, 1.807) is 4.68 Å². The number of nitrogen functional groups attached to an aromatic ring is 1. The van der Waals surface area contributed by atoms with Crippen LogP contribution in [0.2, 0.25) is 0 Å². The van der Waals surface area contributed by atoms with Crippen LogP contribution in [0.25, 0.3) is 11.4 Å². The van der Waals surface area contributed by atoms with E-state index in [4.69, 9.17) is 5.73 Å². The second kappa shape index (κ2) is 3.59. The Kier molecular flexibility index (Phi) is 2.38. The lowest BCUT2D eigenvalue weighted by Crippen LogP contribution is -2.02. The van der Waals surface area contributed by atoms with Gasteiger partial charge in [0, 0.05) is 24.5 Å². The summed E-state index contributed by atoms with van der Waals surface area (Å²) in [7, 11) is 1.88. The minimum Gasteiger partial charge on any atom is -0.383 e. The van der Waals surface area contributed by atoms with Crippen LogP contribution in [0, 0.1) is 20.8 Å². The van der Waals surface area contributed by atoms with Gasteiger partial charge in [0.25, 0.3) is 0 Å². The fraction of sp³-hybridized carbons (Fsp3) is 0.364. The van der Waals surface area contributed by atoms with Gasteiger partial charge in [-0.25, -0.2) is 9.97 Å². The van der Waals surface area contributed by atoms with Gasteiger partial charge in [-0.1, -0.05) is 0 Å². The third-order valence-corrected chi connectivity index (χ3v) is 2.68. The quantitative estimate of drug-likeness (QED) is 0.783. The molecule has 0 radical (unpaired) electrons. The number of hydrogen-bond donors (Lipinski definition) is 1.